The van der Waals surface area contributed by atoms with Crippen LogP contribution in [0.2, 0.25) is 0 Å². The van der Waals surface area contributed by atoms with Crippen LogP contribution in [0.25, 0.3) is 11.1 Å². The van der Waals surface area contributed by atoms with Gasteiger partial charge in [0.05, 0.1) is 7.11 Å². The summed E-state index contributed by atoms with van der Waals surface area (Å²) < 4.78 is 5.10. The summed E-state index contributed by atoms with van der Waals surface area (Å²) in [7, 11) is 1.58. The van der Waals surface area contributed by atoms with E-state index in [0.29, 0.717) is 22.4 Å². The van der Waals surface area contributed by atoms with E-state index < -0.39 is 0 Å². The van der Waals surface area contributed by atoms with E-state index in [4.69, 9.17) is 4.74 Å². The second kappa shape index (κ2) is 6.15. The van der Waals surface area contributed by atoms with Crippen molar-refractivity contribution >= 4 is 35.5 Å². The topological polar surface area (TPSA) is 43.4 Å². The molecule has 0 heterocycles. The molecule has 0 radical (unpaired) electrons. The SMILES string of the molecule is COc1ccc(-c2cc(C(=O)S)ccc2C(=O)S)cc1. The van der Waals surface area contributed by atoms with Crippen molar-refractivity contribution < 1.29 is 14.3 Å². The van der Waals surface area contributed by atoms with Gasteiger partial charge in [0.1, 0.15) is 5.75 Å². The Labute approximate surface area is 127 Å². The average Bonchev–Trinajstić information content (AvgIpc) is 2.46. The Morgan fingerprint density at radius 2 is 1.60 bits per heavy atom. The van der Waals surface area contributed by atoms with Crippen LogP contribution in [0.15, 0.2) is 42.5 Å². The summed E-state index contributed by atoms with van der Waals surface area (Å²) in [5.74, 6) is 0.717. The second-order valence-corrected chi connectivity index (χ2v) is 4.91. The lowest BCUT2D eigenvalue weighted by Gasteiger charge is -2.09. The molecular formula is C15H12O3S2. The molecule has 0 bridgehead atoms. The monoisotopic (exact) mass is 304 g/mol. The number of carbonyl (C=O) groups is 2. The molecule has 0 fully saturated rings. The minimum absolute atomic E-state index is 0.349. The highest BCUT2D eigenvalue weighted by atomic mass is 32.1. The van der Waals surface area contributed by atoms with Crippen LogP contribution in [0, 0.1) is 0 Å². The Morgan fingerprint density at radius 3 is 2.10 bits per heavy atom. The zero-order valence-corrected chi connectivity index (χ0v) is 12.4. The van der Waals surface area contributed by atoms with Crippen molar-refractivity contribution in [1.29, 1.82) is 0 Å². The third-order valence-electron chi connectivity index (χ3n) is 2.90. The average molecular weight is 304 g/mol. The first-order valence-corrected chi connectivity index (χ1v) is 6.67. The standard InChI is InChI=1S/C15H12O3S2/c1-18-11-5-2-9(3-6-11)13-8-10(14(16)19)4-7-12(13)15(17)20/h2-8H,1H3,(H,16,19)(H,17,20). The molecule has 0 aliphatic carbocycles. The minimum Gasteiger partial charge on any atom is -0.497 e. The Bertz CT molecular complexity index is 663. The van der Waals surface area contributed by atoms with E-state index in [1.54, 1.807) is 37.4 Å². The lowest BCUT2D eigenvalue weighted by atomic mass is 9.98. The molecule has 0 saturated carbocycles. The molecule has 20 heavy (non-hydrogen) atoms. The molecule has 0 aliphatic rings. The number of ether oxygens (including phenoxy) is 1. The van der Waals surface area contributed by atoms with Crippen molar-refractivity contribution in [3.63, 3.8) is 0 Å². The largest absolute Gasteiger partial charge is 0.497 e. The van der Waals surface area contributed by atoms with Crippen molar-refractivity contribution in [2.75, 3.05) is 7.11 Å². The van der Waals surface area contributed by atoms with E-state index in [2.05, 4.69) is 25.3 Å². The van der Waals surface area contributed by atoms with Crippen LogP contribution < -0.4 is 4.74 Å². The van der Waals surface area contributed by atoms with Gasteiger partial charge < -0.3 is 4.74 Å². The Hall–Kier alpha value is -1.72. The van der Waals surface area contributed by atoms with Crippen LogP contribution in [-0.4, -0.2) is 17.3 Å². The Morgan fingerprint density at radius 1 is 0.950 bits per heavy atom. The predicted octanol–water partition coefficient (Wildman–Crippen LogP) is 3.50. The van der Waals surface area contributed by atoms with Gasteiger partial charge in [-0.2, -0.15) is 0 Å². The lowest BCUT2D eigenvalue weighted by Crippen LogP contribution is -1.98. The Kier molecular flexibility index (Phi) is 4.52. The van der Waals surface area contributed by atoms with Crippen LogP contribution >= 0.6 is 25.3 Å². The van der Waals surface area contributed by atoms with Crippen molar-refractivity contribution in [1.82, 2.24) is 0 Å². The first-order chi connectivity index (χ1) is 9.52. The molecule has 0 atom stereocenters. The van der Waals surface area contributed by atoms with Crippen LogP contribution in [0.4, 0.5) is 0 Å². The number of hydrogen-bond donors (Lipinski definition) is 2. The van der Waals surface area contributed by atoms with Crippen molar-refractivity contribution in [2.24, 2.45) is 0 Å². The van der Waals surface area contributed by atoms with Gasteiger partial charge in [-0.15, -0.1) is 25.3 Å². The number of hydrogen-bond acceptors (Lipinski definition) is 3. The zero-order valence-electron chi connectivity index (χ0n) is 10.7. The molecule has 0 saturated heterocycles. The summed E-state index contributed by atoms with van der Waals surface area (Å²) in [6, 6.07) is 12.0. The predicted molar refractivity (Wildman–Crippen MR) is 85.1 cm³/mol. The van der Waals surface area contributed by atoms with Crippen LogP contribution in [0.3, 0.4) is 0 Å². The van der Waals surface area contributed by atoms with E-state index in [1.165, 1.54) is 0 Å². The van der Waals surface area contributed by atoms with Gasteiger partial charge in [0.25, 0.3) is 0 Å². The van der Waals surface area contributed by atoms with Gasteiger partial charge >= 0.3 is 0 Å². The van der Waals surface area contributed by atoms with E-state index in [1.807, 2.05) is 12.1 Å². The van der Waals surface area contributed by atoms with E-state index in [9.17, 15) is 9.59 Å². The van der Waals surface area contributed by atoms with E-state index >= 15 is 0 Å². The maximum atomic E-state index is 11.6. The highest BCUT2D eigenvalue weighted by Gasteiger charge is 2.13. The van der Waals surface area contributed by atoms with Crippen molar-refractivity contribution in [3.05, 3.63) is 53.6 Å². The molecule has 102 valence electrons. The molecule has 0 N–H and O–H groups in total. The summed E-state index contributed by atoms with van der Waals surface area (Å²) in [6.07, 6.45) is 0. The zero-order chi connectivity index (χ0) is 14.7. The molecule has 0 aliphatic heterocycles. The maximum Gasteiger partial charge on any atom is 0.216 e. The van der Waals surface area contributed by atoms with Gasteiger partial charge in [0.2, 0.25) is 10.2 Å². The van der Waals surface area contributed by atoms with Gasteiger partial charge in [-0.05, 0) is 41.5 Å². The molecule has 2 aromatic carbocycles. The second-order valence-electron chi connectivity index (χ2n) is 4.10. The molecular weight excluding hydrogens is 292 g/mol. The maximum absolute atomic E-state index is 11.6. The lowest BCUT2D eigenvalue weighted by molar-refractivity contribution is 0.108. The van der Waals surface area contributed by atoms with Gasteiger partial charge in [-0.1, -0.05) is 12.1 Å². The quantitative estimate of drug-likeness (QED) is 0.850. The van der Waals surface area contributed by atoms with Gasteiger partial charge in [-0.3, -0.25) is 9.59 Å². The number of carbonyl (C=O) groups excluding carboxylic acids is 2. The minimum atomic E-state index is -0.353. The summed E-state index contributed by atoms with van der Waals surface area (Å²) >= 11 is 7.67. The first kappa shape index (κ1) is 14.7. The summed E-state index contributed by atoms with van der Waals surface area (Å²) in [5.41, 5.74) is 2.32. The van der Waals surface area contributed by atoms with Crippen LogP contribution in [-0.2, 0) is 0 Å². The fourth-order valence-electron chi connectivity index (χ4n) is 1.87. The molecule has 0 unspecified atom stereocenters. The van der Waals surface area contributed by atoms with Gasteiger partial charge in [0.15, 0.2) is 0 Å². The third kappa shape index (κ3) is 3.05. The molecule has 2 aromatic rings. The fraction of sp³-hybridized carbons (Fsp3) is 0.0667. The molecule has 0 aromatic heterocycles. The number of methoxy groups -OCH3 is 1. The number of benzene rings is 2. The van der Waals surface area contributed by atoms with E-state index in [0.717, 1.165) is 5.56 Å². The summed E-state index contributed by atoms with van der Waals surface area (Å²) in [6.45, 7) is 0. The van der Waals surface area contributed by atoms with Crippen molar-refractivity contribution in [2.45, 2.75) is 0 Å². The number of thiol groups is 2. The molecule has 3 nitrogen and oxygen atoms in total. The van der Waals surface area contributed by atoms with Gasteiger partial charge in [0, 0.05) is 11.1 Å². The summed E-state index contributed by atoms with van der Waals surface area (Å²) in [5, 5.41) is -0.702. The normalized spacial score (nSPS) is 10.2. The highest BCUT2D eigenvalue weighted by Crippen LogP contribution is 2.28. The highest BCUT2D eigenvalue weighted by molar-refractivity contribution is 7.97. The van der Waals surface area contributed by atoms with E-state index in [-0.39, 0.29) is 10.2 Å². The van der Waals surface area contributed by atoms with Crippen molar-refractivity contribution in [3.8, 4) is 16.9 Å². The smallest absolute Gasteiger partial charge is 0.216 e. The molecule has 2 rings (SSSR count). The molecule has 5 heteroatoms. The third-order valence-corrected chi connectivity index (χ3v) is 3.40. The first-order valence-electron chi connectivity index (χ1n) is 5.78. The molecule has 0 spiro atoms. The Balaban J connectivity index is 2.58. The van der Waals surface area contributed by atoms with Crippen LogP contribution in [0.1, 0.15) is 20.7 Å². The van der Waals surface area contributed by atoms with Crippen LogP contribution in [0.5, 0.6) is 5.75 Å². The van der Waals surface area contributed by atoms with Gasteiger partial charge in [-0.25, -0.2) is 0 Å². The number of rotatable bonds is 4. The molecule has 0 amide bonds. The summed E-state index contributed by atoms with van der Waals surface area (Å²) in [4.78, 5) is 22.9. The fourth-order valence-corrected chi connectivity index (χ4v) is 2.21.